The van der Waals surface area contributed by atoms with Crippen LogP contribution in [-0.4, -0.2) is 25.7 Å². The van der Waals surface area contributed by atoms with Crippen molar-refractivity contribution in [3.05, 3.63) is 69.1 Å². The van der Waals surface area contributed by atoms with Crippen molar-refractivity contribution >= 4 is 44.8 Å². The van der Waals surface area contributed by atoms with E-state index in [0.29, 0.717) is 12.1 Å². The predicted octanol–water partition coefficient (Wildman–Crippen LogP) is 3.95. The van der Waals surface area contributed by atoms with Crippen LogP contribution >= 0.6 is 33.9 Å². The van der Waals surface area contributed by atoms with Crippen LogP contribution in [0.2, 0.25) is 0 Å². The van der Waals surface area contributed by atoms with Crippen LogP contribution in [-0.2, 0) is 13.0 Å². The first-order valence-corrected chi connectivity index (χ1v) is 10.4. The molecule has 136 valence electrons. The van der Waals surface area contributed by atoms with Gasteiger partial charge in [-0.3, -0.25) is 4.79 Å². The zero-order chi connectivity index (χ0) is 18.8. The number of hydrogen-bond acceptors (Lipinski definition) is 5. The number of aryl methyl sites for hydroxylation is 1. The molecule has 0 spiro atoms. The lowest BCUT2D eigenvalue weighted by Crippen LogP contribution is -2.23. The van der Waals surface area contributed by atoms with Crippen molar-refractivity contribution in [3.8, 4) is 10.6 Å². The van der Waals surface area contributed by atoms with E-state index >= 15 is 0 Å². The second kappa shape index (κ2) is 7.73. The Balaban J connectivity index is 1.46. The van der Waals surface area contributed by atoms with Gasteiger partial charge in [-0.25, -0.2) is 0 Å². The first kappa shape index (κ1) is 18.1. The summed E-state index contributed by atoms with van der Waals surface area (Å²) in [6.45, 7) is 2.52. The molecule has 0 saturated heterocycles. The lowest BCUT2D eigenvalue weighted by atomic mass is 10.1. The van der Waals surface area contributed by atoms with Gasteiger partial charge in [0.05, 0.1) is 5.56 Å². The molecule has 0 atom stereocenters. The van der Waals surface area contributed by atoms with E-state index in [-0.39, 0.29) is 5.91 Å². The number of nitrogens with zero attached hydrogens (tertiary/aromatic N) is 4. The maximum atomic E-state index is 12.3. The second-order valence-electron chi connectivity index (χ2n) is 5.93. The Morgan fingerprint density at radius 2 is 1.93 bits per heavy atom. The smallest absolute Gasteiger partial charge is 0.252 e. The van der Waals surface area contributed by atoms with E-state index in [0.717, 1.165) is 36.9 Å². The van der Waals surface area contributed by atoms with Gasteiger partial charge in [-0.2, -0.15) is 9.61 Å². The molecule has 1 N–H and O–H groups in total. The molecule has 0 bridgehead atoms. The minimum atomic E-state index is -0.0650. The molecule has 0 radical (unpaired) electrons. The molecule has 0 unspecified atom stereocenters. The van der Waals surface area contributed by atoms with Crippen LogP contribution in [0.15, 0.2) is 48.5 Å². The quantitative estimate of drug-likeness (QED) is 0.431. The van der Waals surface area contributed by atoms with Crippen molar-refractivity contribution in [2.45, 2.75) is 19.9 Å². The molecular formula is C19H16IN5OS. The van der Waals surface area contributed by atoms with E-state index < -0.39 is 0 Å². The number of carbonyl (C=O) groups excluding carboxylic acids is 1. The number of rotatable bonds is 5. The molecule has 2 aromatic carbocycles. The minimum Gasteiger partial charge on any atom is -0.348 e. The molecule has 2 aromatic heterocycles. The zero-order valence-electron chi connectivity index (χ0n) is 14.5. The lowest BCUT2D eigenvalue weighted by molar-refractivity contribution is 0.0950. The lowest BCUT2D eigenvalue weighted by Gasteiger charge is -2.07. The summed E-state index contributed by atoms with van der Waals surface area (Å²) in [5.74, 6) is 0.798. The molecule has 2 heterocycles. The van der Waals surface area contributed by atoms with E-state index in [1.165, 1.54) is 11.3 Å². The number of halogens is 1. The summed E-state index contributed by atoms with van der Waals surface area (Å²) in [6.07, 6.45) is 0.795. The summed E-state index contributed by atoms with van der Waals surface area (Å²) in [6, 6.07) is 15.6. The number of benzene rings is 2. The summed E-state index contributed by atoms with van der Waals surface area (Å²) in [7, 11) is 0. The van der Waals surface area contributed by atoms with Gasteiger partial charge in [0, 0.05) is 22.1 Å². The molecule has 0 saturated carbocycles. The fraction of sp³-hybridized carbons (Fsp3) is 0.158. The fourth-order valence-corrected chi connectivity index (χ4v) is 4.18. The molecule has 4 rings (SSSR count). The minimum absolute atomic E-state index is 0.0650. The highest BCUT2D eigenvalue weighted by atomic mass is 127. The number of fused-ring (bicyclic) bond motifs is 1. The maximum Gasteiger partial charge on any atom is 0.252 e. The average molecular weight is 489 g/mol. The van der Waals surface area contributed by atoms with Crippen molar-refractivity contribution in [2.24, 2.45) is 0 Å². The topological polar surface area (TPSA) is 72.2 Å². The van der Waals surface area contributed by atoms with E-state index in [4.69, 9.17) is 0 Å². The average Bonchev–Trinajstić information content (AvgIpc) is 3.27. The first-order chi connectivity index (χ1) is 13.2. The van der Waals surface area contributed by atoms with E-state index in [1.807, 2.05) is 55.5 Å². The molecule has 0 aliphatic rings. The van der Waals surface area contributed by atoms with Gasteiger partial charge in [0.2, 0.25) is 4.96 Å². The van der Waals surface area contributed by atoms with Crippen molar-refractivity contribution in [3.63, 3.8) is 0 Å². The van der Waals surface area contributed by atoms with Crippen LogP contribution in [0.1, 0.15) is 28.7 Å². The van der Waals surface area contributed by atoms with Gasteiger partial charge >= 0.3 is 0 Å². The Morgan fingerprint density at radius 3 is 2.67 bits per heavy atom. The summed E-state index contributed by atoms with van der Waals surface area (Å²) >= 11 is 3.69. The Kier molecular flexibility index (Phi) is 5.17. The van der Waals surface area contributed by atoms with E-state index in [2.05, 4.69) is 43.2 Å². The second-order valence-corrected chi connectivity index (χ2v) is 8.05. The monoisotopic (exact) mass is 489 g/mol. The van der Waals surface area contributed by atoms with Crippen LogP contribution in [0.25, 0.3) is 15.5 Å². The normalized spacial score (nSPS) is 11.0. The van der Waals surface area contributed by atoms with Crippen molar-refractivity contribution < 1.29 is 4.79 Å². The molecule has 0 aliphatic heterocycles. The summed E-state index contributed by atoms with van der Waals surface area (Å²) in [5.41, 5.74) is 2.76. The summed E-state index contributed by atoms with van der Waals surface area (Å²) in [5, 5.41) is 16.8. The van der Waals surface area contributed by atoms with Gasteiger partial charge in [-0.1, -0.05) is 54.7 Å². The third-order valence-electron chi connectivity index (χ3n) is 4.14. The van der Waals surface area contributed by atoms with Crippen molar-refractivity contribution in [1.29, 1.82) is 0 Å². The van der Waals surface area contributed by atoms with Gasteiger partial charge in [0.15, 0.2) is 5.82 Å². The molecule has 1 amide bonds. The van der Waals surface area contributed by atoms with Crippen LogP contribution in [0.5, 0.6) is 0 Å². The van der Waals surface area contributed by atoms with Crippen LogP contribution < -0.4 is 5.32 Å². The number of amides is 1. The highest BCUT2D eigenvalue weighted by Crippen LogP contribution is 2.25. The molecule has 8 heteroatoms. The van der Waals surface area contributed by atoms with Gasteiger partial charge in [0.1, 0.15) is 5.01 Å². The molecule has 27 heavy (non-hydrogen) atoms. The molecule has 0 aliphatic carbocycles. The number of hydrogen-bond donors (Lipinski definition) is 1. The number of nitrogens with one attached hydrogen (secondary N) is 1. The molecule has 0 fully saturated rings. The number of carbonyl (C=O) groups is 1. The fourth-order valence-electron chi connectivity index (χ4n) is 2.68. The third-order valence-corrected chi connectivity index (χ3v) is 6.03. The Labute approximate surface area is 173 Å². The highest BCUT2D eigenvalue weighted by Gasteiger charge is 2.12. The predicted molar refractivity (Wildman–Crippen MR) is 114 cm³/mol. The van der Waals surface area contributed by atoms with Crippen molar-refractivity contribution in [2.75, 3.05) is 0 Å². The first-order valence-electron chi connectivity index (χ1n) is 8.49. The van der Waals surface area contributed by atoms with Gasteiger partial charge < -0.3 is 5.32 Å². The standard InChI is InChI=1S/C19H16IN5OS/c1-2-16-22-23-19-25(16)24-18(27-19)13-9-7-12(8-10-13)11-21-17(26)14-5-3-4-6-15(14)20/h3-10H,2,11H2,1H3,(H,21,26). The largest absolute Gasteiger partial charge is 0.348 e. The highest BCUT2D eigenvalue weighted by molar-refractivity contribution is 14.1. The van der Waals surface area contributed by atoms with Gasteiger partial charge in [0.25, 0.3) is 5.91 Å². The van der Waals surface area contributed by atoms with Crippen LogP contribution in [0.3, 0.4) is 0 Å². The SMILES string of the molecule is CCc1nnc2sc(-c3ccc(CNC(=O)c4ccccc4I)cc3)nn12. The number of aromatic nitrogens is 4. The van der Waals surface area contributed by atoms with Crippen LogP contribution in [0.4, 0.5) is 0 Å². The zero-order valence-corrected chi connectivity index (χ0v) is 17.5. The van der Waals surface area contributed by atoms with Gasteiger partial charge in [-0.05, 0) is 40.3 Å². The maximum absolute atomic E-state index is 12.3. The molecule has 4 aromatic rings. The summed E-state index contributed by atoms with van der Waals surface area (Å²) < 4.78 is 2.74. The van der Waals surface area contributed by atoms with E-state index in [1.54, 1.807) is 4.52 Å². The van der Waals surface area contributed by atoms with Gasteiger partial charge in [-0.15, -0.1) is 10.2 Å². The Hall–Kier alpha value is -2.33. The Morgan fingerprint density at radius 1 is 1.15 bits per heavy atom. The summed E-state index contributed by atoms with van der Waals surface area (Å²) in [4.78, 5) is 13.1. The molecule has 6 nitrogen and oxygen atoms in total. The Bertz CT molecular complexity index is 1100. The third kappa shape index (κ3) is 3.72. The molecular weight excluding hydrogens is 473 g/mol. The van der Waals surface area contributed by atoms with Crippen LogP contribution in [0, 0.1) is 3.57 Å². The van der Waals surface area contributed by atoms with Crippen molar-refractivity contribution in [1.82, 2.24) is 25.1 Å². The van der Waals surface area contributed by atoms with E-state index in [9.17, 15) is 4.79 Å².